The monoisotopic (exact) mass is 714 g/mol. The van der Waals surface area contributed by atoms with Crippen molar-refractivity contribution in [3.8, 4) is 44.8 Å². The van der Waals surface area contributed by atoms with E-state index in [1.54, 1.807) is 5.43 Å². The van der Waals surface area contributed by atoms with Crippen molar-refractivity contribution in [2.45, 2.75) is 26.2 Å². The molecule has 3 aromatic carbocycles. The molecule has 3 N–H and O–H groups in total. The number of hydrogen-bond donors (Lipinski definition) is 2. The molecule has 4 heterocycles. The van der Waals surface area contributed by atoms with Crippen LogP contribution in [-0.4, -0.2) is 31.4 Å². The van der Waals surface area contributed by atoms with Gasteiger partial charge in [-0.2, -0.15) is 5.43 Å². The lowest BCUT2D eigenvalue weighted by Gasteiger charge is -2.19. The maximum Gasteiger partial charge on any atom is 0.155 e. The van der Waals surface area contributed by atoms with Gasteiger partial charge < -0.3 is 0 Å². The third-order valence-electron chi connectivity index (χ3n) is 9.65. The average Bonchev–Trinajstić information content (AvgIpc) is 3.24. The number of quaternary nitrogens is 1. The van der Waals surface area contributed by atoms with E-state index in [0.717, 1.165) is 67.3 Å². The molecule has 7 aromatic rings. The van der Waals surface area contributed by atoms with Gasteiger partial charge >= 0.3 is 0 Å². The minimum absolute atomic E-state index is 0.0945. The number of rotatable bonds is 8. The fourth-order valence-electron chi connectivity index (χ4n) is 6.54. The normalized spacial score (nSPS) is 13.7. The molecule has 0 bridgehead atoms. The van der Waals surface area contributed by atoms with Crippen LogP contribution in [0.2, 0.25) is 0 Å². The van der Waals surface area contributed by atoms with E-state index in [-0.39, 0.29) is 11.1 Å². The second kappa shape index (κ2) is 15.2. The first-order chi connectivity index (χ1) is 26.8. The summed E-state index contributed by atoms with van der Waals surface area (Å²) in [7, 11) is 0. The molecule has 0 saturated heterocycles. The fourth-order valence-corrected chi connectivity index (χ4v) is 6.54. The number of allylic oxidation sites excluding steroid dienone is 4. The highest BCUT2D eigenvalue weighted by atomic mass is 15.3. The van der Waals surface area contributed by atoms with Gasteiger partial charge in [0.15, 0.2) is 11.4 Å². The molecule has 0 amide bonds. The summed E-state index contributed by atoms with van der Waals surface area (Å²) in [5, 5.41) is 14.0. The van der Waals surface area contributed by atoms with Crippen molar-refractivity contribution >= 4 is 28.3 Å². The van der Waals surface area contributed by atoms with Gasteiger partial charge in [-0.25, -0.2) is 0 Å². The van der Waals surface area contributed by atoms with Gasteiger partial charge in [0.25, 0.3) is 0 Å². The first kappa shape index (κ1) is 35.1. The molecule has 0 aliphatic heterocycles. The molecular formula is C48H40N7+. The van der Waals surface area contributed by atoms with E-state index in [1.165, 1.54) is 5.56 Å². The molecule has 0 radical (unpaired) electrons. The molecule has 0 spiro atoms. The first-order valence-electron chi connectivity index (χ1n) is 18.3. The second-order valence-electron chi connectivity index (χ2n) is 14.5. The van der Waals surface area contributed by atoms with Gasteiger partial charge in [0.05, 0.1) is 28.5 Å². The Balaban J connectivity index is 1.10. The Bertz CT molecular complexity index is 2560. The maximum atomic E-state index is 9.14. The third-order valence-corrected chi connectivity index (χ3v) is 9.65. The van der Waals surface area contributed by atoms with Gasteiger partial charge in [-0.1, -0.05) is 98.7 Å². The maximum absolute atomic E-state index is 9.14. The van der Waals surface area contributed by atoms with Crippen molar-refractivity contribution in [2.24, 2.45) is 5.10 Å². The van der Waals surface area contributed by atoms with E-state index < -0.39 is 0 Å². The summed E-state index contributed by atoms with van der Waals surface area (Å²) in [4.78, 5) is 19.1. The summed E-state index contributed by atoms with van der Waals surface area (Å²) >= 11 is 0. The van der Waals surface area contributed by atoms with Crippen LogP contribution in [0.3, 0.4) is 0 Å². The number of pyridine rings is 4. The van der Waals surface area contributed by atoms with E-state index in [2.05, 4.69) is 79.3 Å². The molecule has 0 fully saturated rings. The summed E-state index contributed by atoms with van der Waals surface area (Å²) in [6, 6.07) is 45.1. The average molecular weight is 715 g/mol. The summed E-state index contributed by atoms with van der Waals surface area (Å²) in [6.07, 6.45) is 11.2. The van der Waals surface area contributed by atoms with Crippen molar-refractivity contribution in [1.29, 1.82) is 5.41 Å². The predicted molar refractivity (Wildman–Crippen MR) is 224 cm³/mol. The van der Waals surface area contributed by atoms with Crippen LogP contribution >= 0.6 is 0 Å². The van der Waals surface area contributed by atoms with Gasteiger partial charge in [0, 0.05) is 59.2 Å². The number of nitrogens with zero attached hydrogens (tertiary/aromatic N) is 5. The molecule has 55 heavy (non-hydrogen) atoms. The zero-order chi connectivity index (χ0) is 37.8. The number of benzene rings is 3. The van der Waals surface area contributed by atoms with Crippen molar-refractivity contribution in [3.63, 3.8) is 0 Å². The molecule has 0 unspecified atom stereocenters. The summed E-state index contributed by atoms with van der Waals surface area (Å²) < 4.78 is 0. The zero-order valence-corrected chi connectivity index (χ0v) is 31.0. The molecule has 8 rings (SSSR count). The van der Waals surface area contributed by atoms with Gasteiger partial charge in [0.2, 0.25) is 0 Å². The van der Waals surface area contributed by atoms with Crippen molar-refractivity contribution in [3.05, 3.63) is 187 Å². The van der Waals surface area contributed by atoms with Crippen LogP contribution in [0.5, 0.6) is 0 Å². The van der Waals surface area contributed by atoms with Crippen LogP contribution in [-0.2, 0) is 5.41 Å². The van der Waals surface area contributed by atoms with Gasteiger partial charge in [-0.05, 0) is 93.9 Å². The summed E-state index contributed by atoms with van der Waals surface area (Å²) in [5.74, 6) is 0. The zero-order valence-electron chi connectivity index (χ0n) is 31.0. The smallest absolute Gasteiger partial charge is 0.155 e. The number of aromatic nitrogens is 4. The summed E-state index contributed by atoms with van der Waals surface area (Å²) in [5.41, 5.74) is 15.9. The molecule has 4 aromatic heterocycles. The molecule has 1 aliphatic rings. The lowest BCUT2D eigenvalue weighted by Crippen LogP contribution is -2.72. The van der Waals surface area contributed by atoms with Crippen LogP contribution in [0.1, 0.15) is 37.7 Å². The second-order valence-corrected chi connectivity index (χ2v) is 14.5. The van der Waals surface area contributed by atoms with Crippen molar-refractivity contribution in [2.75, 3.05) is 0 Å². The highest BCUT2D eigenvalue weighted by Crippen LogP contribution is 2.31. The number of nitrogens with two attached hydrogens (primary N) is 1. The first-order valence-corrected chi connectivity index (χ1v) is 18.3. The van der Waals surface area contributed by atoms with E-state index in [4.69, 9.17) is 20.5 Å². The van der Waals surface area contributed by atoms with Crippen LogP contribution in [0, 0.1) is 5.41 Å². The Morgan fingerprint density at radius 1 is 0.509 bits per heavy atom. The number of hydrogen-bond acceptors (Lipinski definition) is 6. The lowest BCUT2D eigenvalue weighted by molar-refractivity contribution is -0.577. The molecule has 1 aliphatic carbocycles. The van der Waals surface area contributed by atoms with E-state index in [1.807, 2.05) is 122 Å². The van der Waals surface area contributed by atoms with Gasteiger partial charge in [-0.3, -0.25) is 25.3 Å². The third kappa shape index (κ3) is 7.88. The lowest BCUT2D eigenvalue weighted by atomic mass is 9.86. The molecule has 7 nitrogen and oxygen atoms in total. The quantitative estimate of drug-likeness (QED) is 0.0708. The Morgan fingerprint density at radius 2 is 1.05 bits per heavy atom. The van der Waals surface area contributed by atoms with E-state index in [9.17, 15) is 0 Å². The largest absolute Gasteiger partial charge is 0.298 e. The molecule has 266 valence electrons. The van der Waals surface area contributed by atoms with E-state index in [0.29, 0.717) is 11.4 Å². The van der Waals surface area contributed by atoms with Crippen molar-refractivity contribution < 1.29 is 5.43 Å². The van der Waals surface area contributed by atoms with Crippen LogP contribution in [0.4, 0.5) is 5.69 Å². The molecule has 7 heteroatoms. The SMILES string of the molecule is CC(C)(C)c1ccc(-c2ccnc(-c3ccc(C4=CC(c5ccc(-c6cc(-c7ccccc7)ccn6)cn5)=CC(=N)C4=N[NH2+]c4ccccc4)nc3)c2)cc1. The Kier molecular flexibility index (Phi) is 9.69. The summed E-state index contributed by atoms with van der Waals surface area (Å²) in [6.45, 7) is 6.67. The van der Waals surface area contributed by atoms with E-state index >= 15 is 0 Å². The van der Waals surface area contributed by atoms with Crippen LogP contribution in [0.15, 0.2) is 176 Å². The fraction of sp³-hybridized carbons (Fsp3) is 0.0833. The minimum atomic E-state index is 0.0945. The van der Waals surface area contributed by atoms with Crippen LogP contribution in [0.25, 0.3) is 55.9 Å². The Labute approximate surface area is 321 Å². The standard InChI is InChI=1S/C48H39N7/c1-48(2,3)39-18-14-33(15-19-39)35-23-25-51-46(29-35)37-17-21-44(53-31-37)41-26-38(27-42(49)47(41)55-54-40-12-8-5-9-13-40)43-20-16-36(30-52-43)45-28-34(22-24-50-45)32-10-6-4-7-11-32/h4-31,49,54H,1-3H3/p+1. The van der Waals surface area contributed by atoms with Crippen LogP contribution < -0.4 is 5.43 Å². The van der Waals surface area contributed by atoms with Crippen molar-refractivity contribution in [1.82, 2.24) is 19.9 Å². The van der Waals surface area contributed by atoms with Gasteiger partial charge in [0.1, 0.15) is 0 Å². The molecule has 0 saturated carbocycles. The highest BCUT2D eigenvalue weighted by molar-refractivity contribution is 6.62. The Morgan fingerprint density at radius 3 is 1.62 bits per heavy atom. The molecule has 0 atom stereocenters. The topological polar surface area (TPSA) is 104 Å². The highest BCUT2D eigenvalue weighted by Gasteiger charge is 2.24. The van der Waals surface area contributed by atoms with Gasteiger partial charge in [-0.15, -0.1) is 0 Å². The molecular weight excluding hydrogens is 675 g/mol. The number of nitrogens with one attached hydrogen (secondary N) is 1. The predicted octanol–water partition coefficient (Wildman–Crippen LogP) is 9.98. The minimum Gasteiger partial charge on any atom is -0.298 e. The Hall–Kier alpha value is -6.96.